The molecule has 0 spiro atoms. The Bertz CT molecular complexity index is 970. The monoisotopic (exact) mass is 377 g/mol. The van der Waals surface area contributed by atoms with E-state index in [0.717, 1.165) is 11.6 Å². The van der Waals surface area contributed by atoms with Gasteiger partial charge in [-0.1, -0.05) is 18.2 Å². The van der Waals surface area contributed by atoms with Gasteiger partial charge < -0.3 is 14.6 Å². The highest BCUT2D eigenvalue weighted by molar-refractivity contribution is 7.92. The van der Waals surface area contributed by atoms with E-state index in [1.165, 1.54) is 24.6 Å². The first-order valence-corrected chi connectivity index (χ1v) is 9.37. The van der Waals surface area contributed by atoms with E-state index in [4.69, 9.17) is 9.47 Å². The fourth-order valence-corrected chi connectivity index (χ4v) is 5.00. The molecule has 1 aliphatic rings. The predicted octanol–water partition coefficient (Wildman–Crippen LogP) is 2.54. The number of fused-ring (bicyclic) bond motifs is 1. The van der Waals surface area contributed by atoms with Crippen LogP contribution in [-0.2, 0) is 16.4 Å². The van der Waals surface area contributed by atoms with E-state index in [-0.39, 0.29) is 28.0 Å². The summed E-state index contributed by atoms with van der Waals surface area (Å²) in [4.78, 5) is 11.4. The Kier molecular flexibility index (Phi) is 4.53. The number of nitrogens with zero attached hydrogens (tertiary/aromatic N) is 1. The molecular formula is C18H19NO6S. The van der Waals surface area contributed by atoms with Gasteiger partial charge in [0.25, 0.3) is 10.0 Å². The number of carboxylic acid groups (broad SMARTS) is 1. The second-order valence-corrected chi connectivity index (χ2v) is 7.81. The molecule has 1 N–H and O–H groups in total. The number of hydrogen-bond donors (Lipinski definition) is 1. The average Bonchev–Trinajstić information content (AvgIpc) is 2.96. The molecule has 8 heteroatoms. The number of para-hydroxylation sites is 1. The maximum Gasteiger partial charge on any atom is 0.339 e. The minimum Gasteiger partial charge on any atom is -0.493 e. The van der Waals surface area contributed by atoms with E-state index in [0.29, 0.717) is 12.1 Å². The molecule has 2 aromatic rings. The molecule has 2 aromatic carbocycles. The molecule has 3 rings (SSSR count). The normalized spacial score (nSPS) is 16.3. The number of rotatable bonds is 5. The van der Waals surface area contributed by atoms with Crippen molar-refractivity contribution in [2.24, 2.45) is 0 Å². The van der Waals surface area contributed by atoms with E-state index in [1.54, 1.807) is 12.1 Å². The van der Waals surface area contributed by atoms with Gasteiger partial charge in [-0.05, 0) is 31.0 Å². The molecule has 0 fully saturated rings. The molecule has 26 heavy (non-hydrogen) atoms. The molecule has 0 aliphatic carbocycles. The lowest BCUT2D eigenvalue weighted by Gasteiger charge is -2.25. The summed E-state index contributed by atoms with van der Waals surface area (Å²) in [7, 11) is -1.35. The second-order valence-electron chi connectivity index (χ2n) is 5.99. The number of carbonyl (C=O) groups is 1. The Balaban J connectivity index is 2.20. The molecule has 0 amide bonds. The maximum atomic E-state index is 13.3. The molecule has 0 saturated heterocycles. The summed E-state index contributed by atoms with van der Waals surface area (Å²) in [5.41, 5.74) is 1.26. The predicted molar refractivity (Wildman–Crippen MR) is 95.8 cm³/mol. The summed E-state index contributed by atoms with van der Waals surface area (Å²) >= 11 is 0. The minimum atomic E-state index is -3.98. The standard InChI is InChI=1S/C18H19NO6S/c1-11-8-12-6-4-5-7-15(12)19(11)26(22,23)13-9-14(18(20)21)17(25-3)16(10-13)24-2/h4-7,9-11H,8H2,1-3H3,(H,20,21). The van der Waals surface area contributed by atoms with Crippen LogP contribution >= 0.6 is 0 Å². The topological polar surface area (TPSA) is 93.1 Å². The van der Waals surface area contributed by atoms with Crippen molar-refractivity contribution >= 4 is 21.7 Å². The summed E-state index contributed by atoms with van der Waals surface area (Å²) < 4.78 is 38.1. The van der Waals surface area contributed by atoms with Gasteiger partial charge in [-0.15, -0.1) is 0 Å². The van der Waals surface area contributed by atoms with Crippen LogP contribution in [-0.4, -0.2) is 39.8 Å². The fraction of sp³-hybridized carbons (Fsp3) is 0.278. The zero-order valence-electron chi connectivity index (χ0n) is 14.6. The van der Waals surface area contributed by atoms with Gasteiger partial charge in [0.15, 0.2) is 11.5 Å². The number of aromatic carboxylic acids is 1. The van der Waals surface area contributed by atoms with Crippen LogP contribution in [0.15, 0.2) is 41.3 Å². The summed E-state index contributed by atoms with van der Waals surface area (Å²) in [6.45, 7) is 1.82. The SMILES string of the molecule is COc1cc(S(=O)(=O)N2c3ccccc3CC2C)cc(C(=O)O)c1OC. The maximum absolute atomic E-state index is 13.3. The molecule has 0 bridgehead atoms. The smallest absolute Gasteiger partial charge is 0.339 e. The average molecular weight is 377 g/mol. The van der Waals surface area contributed by atoms with E-state index in [2.05, 4.69) is 0 Å². The van der Waals surface area contributed by atoms with Crippen molar-refractivity contribution < 1.29 is 27.8 Å². The zero-order chi connectivity index (χ0) is 19.1. The molecule has 1 heterocycles. The lowest BCUT2D eigenvalue weighted by Crippen LogP contribution is -2.35. The van der Waals surface area contributed by atoms with Crippen molar-refractivity contribution in [3.8, 4) is 11.5 Å². The fourth-order valence-electron chi connectivity index (χ4n) is 3.26. The number of carboxylic acids is 1. The Hall–Kier alpha value is -2.74. The van der Waals surface area contributed by atoms with Gasteiger partial charge in [-0.25, -0.2) is 13.2 Å². The number of hydrogen-bond acceptors (Lipinski definition) is 5. The summed E-state index contributed by atoms with van der Waals surface area (Å²) in [6.07, 6.45) is 0.592. The number of anilines is 1. The van der Waals surface area contributed by atoms with Crippen molar-refractivity contribution in [3.05, 3.63) is 47.5 Å². The third-order valence-electron chi connectivity index (χ3n) is 4.38. The van der Waals surface area contributed by atoms with Gasteiger partial charge in [0.05, 0.1) is 24.8 Å². The Labute approximate surface area is 151 Å². The van der Waals surface area contributed by atoms with Gasteiger partial charge >= 0.3 is 5.97 Å². The van der Waals surface area contributed by atoms with Crippen molar-refractivity contribution in [1.29, 1.82) is 0 Å². The van der Waals surface area contributed by atoms with Crippen molar-refractivity contribution in [2.75, 3.05) is 18.5 Å². The first kappa shape index (κ1) is 18.1. The highest BCUT2D eigenvalue weighted by atomic mass is 32.2. The summed E-state index contributed by atoms with van der Waals surface area (Å²) in [5, 5.41) is 9.44. The second kappa shape index (κ2) is 6.53. The van der Waals surface area contributed by atoms with Gasteiger partial charge in [0.2, 0.25) is 0 Å². The molecule has 0 saturated carbocycles. The lowest BCUT2D eigenvalue weighted by atomic mass is 10.1. The largest absolute Gasteiger partial charge is 0.493 e. The zero-order valence-corrected chi connectivity index (χ0v) is 15.4. The van der Waals surface area contributed by atoms with Crippen LogP contribution in [0.4, 0.5) is 5.69 Å². The first-order chi connectivity index (χ1) is 12.3. The molecule has 7 nitrogen and oxygen atoms in total. The van der Waals surface area contributed by atoms with Crippen molar-refractivity contribution in [2.45, 2.75) is 24.3 Å². The number of ether oxygens (including phenoxy) is 2. The van der Waals surface area contributed by atoms with E-state index in [1.807, 2.05) is 19.1 Å². The van der Waals surface area contributed by atoms with Crippen LogP contribution in [0.5, 0.6) is 11.5 Å². The Morgan fingerprint density at radius 1 is 1.19 bits per heavy atom. The first-order valence-electron chi connectivity index (χ1n) is 7.93. The van der Waals surface area contributed by atoms with Crippen molar-refractivity contribution in [3.63, 3.8) is 0 Å². The summed E-state index contributed by atoms with van der Waals surface area (Å²) in [5.74, 6) is -1.27. The summed E-state index contributed by atoms with van der Waals surface area (Å²) in [6, 6.07) is 9.38. The third-order valence-corrected chi connectivity index (χ3v) is 6.29. The number of sulfonamides is 1. The van der Waals surface area contributed by atoms with E-state index in [9.17, 15) is 18.3 Å². The Morgan fingerprint density at radius 2 is 1.88 bits per heavy atom. The van der Waals surface area contributed by atoms with Gasteiger partial charge in [0, 0.05) is 12.1 Å². The number of benzene rings is 2. The van der Waals surface area contributed by atoms with E-state index < -0.39 is 16.0 Å². The van der Waals surface area contributed by atoms with Gasteiger partial charge in [-0.3, -0.25) is 4.31 Å². The number of methoxy groups -OCH3 is 2. The molecule has 138 valence electrons. The highest BCUT2D eigenvalue weighted by Crippen LogP contribution is 2.40. The van der Waals surface area contributed by atoms with Gasteiger partial charge in [0.1, 0.15) is 5.56 Å². The minimum absolute atomic E-state index is 0.0196. The van der Waals surface area contributed by atoms with Gasteiger partial charge in [-0.2, -0.15) is 0 Å². The quantitative estimate of drug-likeness (QED) is 0.861. The Morgan fingerprint density at radius 3 is 2.50 bits per heavy atom. The van der Waals surface area contributed by atoms with Crippen LogP contribution in [0, 0.1) is 0 Å². The van der Waals surface area contributed by atoms with Crippen LogP contribution in [0.25, 0.3) is 0 Å². The molecule has 1 aliphatic heterocycles. The molecule has 0 radical (unpaired) electrons. The third kappa shape index (κ3) is 2.76. The van der Waals surface area contributed by atoms with Crippen LogP contribution in [0.1, 0.15) is 22.8 Å². The van der Waals surface area contributed by atoms with Crippen LogP contribution in [0.3, 0.4) is 0 Å². The lowest BCUT2D eigenvalue weighted by molar-refractivity contribution is 0.0692. The van der Waals surface area contributed by atoms with Crippen molar-refractivity contribution in [1.82, 2.24) is 0 Å². The van der Waals surface area contributed by atoms with E-state index >= 15 is 0 Å². The molecule has 1 unspecified atom stereocenters. The van der Waals surface area contributed by atoms with Crippen LogP contribution < -0.4 is 13.8 Å². The molecular weight excluding hydrogens is 358 g/mol. The highest BCUT2D eigenvalue weighted by Gasteiger charge is 2.37. The molecule has 0 aromatic heterocycles. The molecule has 1 atom stereocenters. The van der Waals surface area contributed by atoms with Crippen LogP contribution in [0.2, 0.25) is 0 Å².